The minimum Gasteiger partial charge on any atom is -0.487 e. The molecule has 2 aliphatic rings. The van der Waals surface area contributed by atoms with Gasteiger partial charge in [0.25, 0.3) is 0 Å². The summed E-state index contributed by atoms with van der Waals surface area (Å²) in [6.45, 7) is 0.132. The molecule has 2 aromatic heterocycles. The van der Waals surface area contributed by atoms with Crippen molar-refractivity contribution in [3.05, 3.63) is 83.9 Å². The number of anilines is 1. The van der Waals surface area contributed by atoms with Gasteiger partial charge >= 0.3 is 0 Å². The van der Waals surface area contributed by atoms with Gasteiger partial charge in [0.15, 0.2) is 0 Å². The number of ether oxygens (including phenoxy) is 2. The number of carbonyl (C=O) groups is 2. The van der Waals surface area contributed by atoms with E-state index in [1.54, 1.807) is 24.7 Å². The van der Waals surface area contributed by atoms with E-state index in [0.717, 1.165) is 16.8 Å². The molecular weight excluding hydrogens is 460 g/mol. The lowest BCUT2D eigenvalue weighted by Crippen LogP contribution is -2.47. The van der Waals surface area contributed by atoms with E-state index in [4.69, 9.17) is 9.47 Å². The highest BCUT2D eigenvalue weighted by atomic mass is 16.6. The quantitative estimate of drug-likeness (QED) is 0.445. The van der Waals surface area contributed by atoms with E-state index in [1.807, 2.05) is 42.5 Å². The number of aliphatic hydroxyl groups excluding tert-OH is 1. The van der Waals surface area contributed by atoms with E-state index in [-0.39, 0.29) is 49.4 Å². The lowest BCUT2D eigenvalue weighted by Gasteiger charge is -2.37. The summed E-state index contributed by atoms with van der Waals surface area (Å²) in [5, 5.41) is 15.8. The van der Waals surface area contributed by atoms with E-state index in [2.05, 4.69) is 20.6 Å². The summed E-state index contributed by atoms with van der Waals surface area (Å²) in [5.41, 5.74) is 3.28. The van der Waals surface area contributed by atoms with E-state index in [0.29, 0.717) is 24.4 Å². The Labute approximate surface area is 208 Å². The largest absolute Gasteiger partial charge is 0.487 e. The Hall–Kier alpha value is -3.82. The second kappa shape index (κ2) is 10.8. The maximum atomic E-state index is 12.6. The van der Waals surface area contributed by atoms with Crippen LogP contribution in [0.15, 0.2) is 67.1 Å². The second-order valence-electron chi connectivity index (χ2n) is 9.04. The van der Waals surface area contributed by atoms with Gasteiger partial charge in [-0.3, -0.25) is 19.6 Å². The van der Waals surface area contributed by atoms with Crippen LogP contribution >= 0.6 is 0 Å². The van der Waals surface area contributed by atoms with Gasteiger partial charge in [-0.15, -0.1) is 0 Å². The lowest BCUT2D eigenvalue weighted by atomic mass is 9.84. The van der Waals surface area contributed by atoms with Crippen LogP contribution < -0.4 is 15.4 Å². The van der Waals surface area contributed by atoms with Crippen molar-refractivity contribution in [1.29, 1.82) is 0 Å². The Morgan fingerprint density at radius 3 is 2.69 bits per heavy atom. The standard InChI is InChI=1S/C27H28N4O5/c32-16-24-27-22(13-20(35-24)14-25(33)30-15-19-3-1-2-8-29-19)21-12-18(4-5-23(21)36-27)31-26(34)11-17-6-9-28-10-7-17/h1-10,12,20,22,24,27,32H,11,13-16H2,(H,30,33)(H,31,34)/t20-,22+,24-,27-/m0/s1. The fourth-order valence-electron chi connectivity index (χ4n) is 4.83. The predicted octanol–water partition coefficient (Wildman–Crippen LogP) is 2.36. The summed E-state index contributed by atoms with van der Waals surface area (Å²) in [5.74, 6) is 0.382. The average molecular weight is 489 g/mol. The maximum Gasteiger partial charge on any atom is 0.228 e. The molecule has 9 nitrogen and oxygen atoms in total. The molecule has 3 aromatic rings. The van der Waals surface area contributed by atoms with Crippen molar-refractivity contribution >= 4 is 17.5 Å². The van der Waals surface area contributed by atoms with Gasteiger partial charge in [-0.1, -0.05) is 6.07 Å². The number of pyridine rings is 2. The monoisotopic (exact) mass is 488 g/mol. The molecule has 1 saturated heterocycles. The fourth-order valence-corrected chi connectivity index (χ4v) is 4.83. The predicted molar refractivity (Wildman–Crippen MR) is 131 cm³/mol. The first-order valence-electron chi connectivity index (χ1n) is 12.0. The number of hydrogen-bond acceptors (Lipinski definition) is 7. The number of nitrogens with one attached hydrogen (secondary N) is 2. The Kier molecular flexibility index (Phi) is 7.20. The number of rotatable bonds is 8. The Morgan fingerprint density at radius 1 is 1.06 bits per heavy atom. The summed E-state index contributed by atoms with van der Waals surface area (Å²) in [6.07, 6.45) is 4.73. The van der Waals surface area contributed by atoms with Crippen molar-refractivity contribution in [2.75, 3.05) is 11.9 Å². The van der Waals surface area contributed by atoms with Crippen LogP contribution in [0.5, 0.6) is 5.75 Å². The molecule has 2 amide bonds. The number of carbonyl (C=O) groups excluding carboxylic acids is 2. The fraction of sp³-hybridized carbons (Fsp3) is 0.333. The Bertz CT molecular complexity index is 1210. The summed E-state index contributed by atoms with van der Waals surface area (Å²) >= 11 is 0. The average Bonchev–Trinajstić information content (AvgIpc) is 3.26. The van der Waals surface area contributed by atoms with Crippen LogP contribution in [-0.4, -0.2) is 51.8 Å². The summed E-state index contributed by atoms with van der Waals surface area (Å²) in [7, 11) is 0. The molecular formula is C27H28N4O5. The molecule has 0 spiro atoms. The van der Waals surface area contributed by atoms with Gasteiger partial charge in [0.2, 0.25) is 11.8 Å². The van der Waals surface area contributed by atoms with Crippen molar-refractivity contribution in [2.24, 2.45) is 0 Å². The zero-order valence-electron chi connectivity index (χ0n) is 19.7. The van der Waals surface area contributed by atoms with E-state index in [1.165, 1.54) is 0 Å². The molecule has 0 bridgehead atoms. The van der Waals surface area contributed by atoms with Crippen LogP contribution in [0.4, 0.5) is 5.69 Å². The molecule has 0 unspecified atom stereocenters. The normalized spacial score (nSPS) is 22.1. The molecule has 1 fully saturated rings. The molecule has 1 aromatic carbocycles. The van der Waals surface area contributed by atoms with E-state index < -0.39 is 6.10 Å². The summed E-state index contributed by atoms with van der Waals surface area (Å²) < 4.78 is 12.2. The van der Waals surface area contributed by atoms with Crippen molar-refractivity contribution in [3.63, 3.8) is 0 Å². The van der Waals surface area contributed by atoms with Gasteiger partial charge in [-0.05, 0) is 54.4 Å². The number of aliphatic hydroxyl groups is 1. The smallest absolute Gasteiger partial charge is 0.228 e. The highest BCUT2D eigenvalue weighted by molar-refractivity contribution is 5.92. The van der Waals surface area contributed by atoms with Gasteiger partial charge in [-0.25, -0.2) is 0 Å². The molecule has 9 heteroatoms. The zero-order valence-corrected chi connectivity index (χ0v) is 19.7. The summed E-state index contributed by atoms with van der Waals surface area (Å²) in [6, 6.07) is 14.7. The molecule has 0 aliphatic carbocycles. The number of aromatic nitrogens is 2. The number of fused-ring (bicyclic) bond motifs is 3. The molecule has 36 heavy (non-hydrogen) atoms. The molecule has 0 saturated carbocycles. The third-order valence-corrected chi connectivity index (χ3v) is 6.50. The molecule has 3 N–H and O–H groups in total. The lowest BCUT2D eigenvalue weighted by molar-refractivity contribution is -0.142. The minimum atomic E-state index is -0.547. The van der Waals surface area contributed by atoms with Gasteiger partial charge < -0.3 is 25.2 Å². The van der Waals surface area contributed by atoms with Gasteiger partial charge in [-0.2, -0.15) is 0 Å². The first kappa shape index (κ1) is 23.9. The third-order valence-electron chi connectivity index (χ3n) is 6.50. The number of nitrogens with zero attached hydrogens (tertiary/aromatic N) is 2. The molecule has 2 aliphatic heterocycles. The summed E-state index contributed by atoms with van der Waals surface area (Å²) in [4.78, 5) is 33.3. The van der Waals surface area contributed by atoms with Gasteiger partial charge in [0, 0.05) is 35.8 Å². The Morgan fingerprint density at radius 2 is 1.92 bits per heavy atom. The highest BCUT2D eigenvalue weighted by Gasteiger charge is 2.46. The van der Waals surface area contributed by atoms with E-state index in [9.17, 15) is 14.7 Å². The van der Waals surface area contributed by atoms with Crippen molar-refractivity contribution < 1.29 is 24.2 Å². The van der Waals surface area contributed by atoms with Crippen molar-refractivity contribution in [2.45, 2.75) is 50.0 Å². The SMILES string of the molecule is O=C(C[C@@H]1C[C@@H]2c3cc(NC(=O)Cc4ccncc4)ccc3O[C@@H]2[C@H](CO)O1)NCc1ccccn1. The van der Waals surface area contributed by atoms with Crippen molar-refractivity contribution in [3.8, 4) is 5.75 Å². The first-order chi connectivity index (χ1) is 17.6. The molecule has 4 atom stereocenters. The van der Waals surface area contributed by atoms with Crippen LogP contribution in [0.2, 0.25) is 0 Å². The zero-order chi connectivity index (χ0) is 24.9. The number of amides is 2. The maximum absolute atomic E-state index is 12.6. The van der Waals surface area contributed by atoms with Crippen molar-refractivity contribution in [1.82, 2.24) is 15.3 Å². The minimum absolute atomic E-state index is 0.0588. The van der Waals surface area contributed by atoms with Crippen LogP contribution in [-0.2, 0) is 27.3 Å². The van der Waals surface area contributed by atoms with Gasteiger partial charge in [0.1, 0.15) is 18.0 Å². The first-order valence-corrected chi connectivity index (χ1v) is 12.0. The van der Waals surface area contributed by atoms with E-state index >= 15 is 0 Å². The molecule has 0 radical (unpaired) electrons. The second-order valence-corrected chi connectivity index (χ2v) is 9.04. The van der Waals surface area contributed by atoms with Crippen LogP contribution in [0, 0.1) is 0 Å². The molecule has 5 rings (SSSR count). The van der Waals surface area contributed by atoms with Crippen LogP contribution in [0.1, 0.15) is 35.6 Å². The topological polar surface area (TPSA) is 123 Å². The van der Waals surface area contributed by atoms with Crippen LogP contribution in [0.3, 0.4) is 0 Å². The highest BCUT2D eigenvalue weighted by Crippen LogP contribution is 2.47. The molecule has 186 valence electrons. The van der Waals surface area contributed by atoms with Gasteiger partial charge in [0.05, 0.1) is 37.8 Å². The number of benzene rings is 1. The number of hydrogen-bond donors (Lipinski definition) is 3. The third kappa shape index (κ3) is 5.53. The Balaban J connectivity index is 1.24. The van der Waals surface area contributed by atoms with Crippen LogP contribution in [0.25, 0.3) is 0 Å². The molecule has 4 heterocycles.